The molecule has 142 valence electrons. The fraction of sp³-hybridized carbons (Fsp3) is 0.381. The Balaban J connectivity index is 1.59. The first kappa shape index (κ1) is 18.0. The van der Waals surface area contributed by atoms with Gasteiger partial charge in [0.1, 0.15) is 11.9 Å². The Labute approximate surface area is 155 Å². The van der Waals surface area contributed by atoms with E-state index in [9.17, 15) is 23.1 Å². The van der Waals surface area contributed by atoms with Gasteiger partial charge in [0.15, 0.2) is 0 Å². The highest BCUT2D eigenvalue weighted by atomic mass is 19.3. The van der Waals surface area contributed by atoms with Crippen LogP contribution >= 0.6 is 0 Å². The fourth-order valence-corrected chi connectivity index (χ4v) is 3.27. The van der Waals surface area contributed by atoms with E-state index in [1.807, 2.05) is 0 Å². The molecule has 0 spiro atoms. The first-order chi connectivity index (χ1) is 13.0. The van der Waals surface area contributed by atoms with Gasteiger partial charge in [-0.25, -0.2) is 13.2 Å². The smallest absolute Gasteiger partial charge is 0.268 e. The number of carbonyl (C=O) groups excluding carboxylic acids is 1. The maximum absolute atomic E-state index is 14.7. The van der Waals surface area contributed by atoms with Crippen LogP contribution in [0.2, 0.25) is 0 Å². The van der Waals surface area contributed by atoms with E-state index in [1.54, 1.807) is 17.0 Å². The number of carbonyl (C=O) groups is 1. The van der Waals surface area contributed by atoms with Gasteiger partial charge in [-0.05, 0) is 55.0 Å². The topological polar surface area (TPSA) is 40.5 Å². The van der Waals surface area contributed by atoms with Crippen LogP contribution in [0.3, 0.4) is 0 Å². The molecule has 1 atom stereocenters. The van der Waals surface area contributed by atoms with Crippen LogP contribution in [0, 0.1) is 11.7 Å². The molecule has 0 heterocycles. The summed E-state index contributed by atoms with van der Waals surface area (Å²) in [6.45, 7) is 0. The van der Waals surface area contributed by atoms with E-state index < -0.39 is 18.3 Å². The number of hydrogen-bond acceptors (Lipinski definition) is 2. The van der Waals surface area contributed by atoms with Crippen LogP contribution in [0.1, 0.15) is 37.4 Å². The van der Waals surface area contributed by atoms with E-state index in [-0.39, 0.29) is 23.4 Å². The van der Waals surface area contributed by atoms with Gasteiger partial charge in [-0.2, -0.15) is 0 Å². The molecule has 6 heteroatoms. The SMILES string of the molecule is O=C(C1CC1)N(c1ccc(-c2ccc(C(O)C(F)F)cc2)c(F)c1)C1CC1. The van der Waals surface area contributed by atoms with Crippen molar-refractivity contribution >= 4 is 11.6 Å². The van der Waals surface area contributed by atoms with Gasteiger partial charge < -0.3 is 10.0 Å². The number of nitrogens with zero attached hydrogens (tertiary/aromatic N) is 1. The number of anilines is 1. The molecule has 0 aliphatic heterocycles. The van der Waals surface area contributed by atoms with Crippen LogP contribution in [-0.4, -0.2) is 23.5 Å². The summed E-state index contributed by atoms with van der Waals surface area (Å²) in [4.78, 5) is 14.3. The zero-order valence-corrected chi connectivity index (χ0v) is 14.6. The first-order valence-corrected chi connectivity index (χ1v) is 9.15. The number of rotatable bonds is 6. The van der Waals surface area contributed by atoms with Crippen molar-refractivity contribution in [1.82, 2.24) is 0 Å². The number of alkyl halides is 2. The molecule has 2 aliphatic carbocycles. The molecule has 0 aromatic heterocycles. The lowest BCUT2D eigenvalue weighted by molar-refractivity contribution is -0.119. The Morgan fingerprint density at radius 3 is 2.22 bits per heavy atom. The highest BCUT2D eigenvalue weighted by molar-refractivity contribution is 5.97. The van der Waals surface area contributed by atoms with E-state index in [0.717, 1.165) is 25.7 Å². The summed E-state index contributed by atoms with van der Waals surface area (Å²) in [6, 6.07) is 10.6. The van der Waals surface area contributed by atoms with Gasteiger partial charge in [-0.1, -0.05) is 24.3 Å². The molecule has 27 heavy (non-hydrogen) atoms. The molecule has 2 aliphatic rings. The molecule has 1 amide bonds. The van der Waals surface area contributed by atoms with Gasteiger partial charge in [0.05, 0.1) is 0 Å². The molecule has 4 rings (SSSR count). The van der Waals surface area contributed by atoms with Gasteiger partial charge >= 0.3 is 0 Å². The maximum Gasteiger partial charge on any atom is 0.268 e. The summed E-state index contributed by atoms with van der Waals surface area (Å²) in [5.74, 6) is -0.318. The van der Waals surface area contributed by atoms with Crippen LogP contribution < -0.4 is 4.90 Å². The first-order valence-electron chi connectivity index (χ1n) is 9.15. The summed E-state index contributed by atoms with van der Waals surface area (Å²) in [6.07, 6.45) is -1.04. The van der Waals surface area contributed by atoms with Crippen molar-refractivity contribution in [2.24, 2.45) is 5.92 Å². The number of amides is 1. The van der Waals surface area contributed by atoms with E-state index >= 15 is 0 Å². The van der Waals surface area contributed by atoms with Gasteiger partial charge in [-0.15, -0.1) is 0 Å². The molecule has 3 nitrogen and oxygen atoms in total. The minimum Gasteiger partial charge on any atom is -0.382 e. The Morgan fingerprint density at radius 1 is 1.04 bits per heavy atom. The summed E-state index contributed by atoms with van der Waals surface area (Å²) in [5.41, 5.74) is 1.50. The monoisotopic (exact) mass is 375 g/mol. The third-order valence-corrected chi connectivity index (χ3v) is 5.11. The van der Waals surface area contributed by atoms with Crippen molar-refractivity contribution in [2.45, 2.75) is 44.3 Å². The molecule has 1 unspecified atom stereocenters. The van der Waals surface area contributed by atoms with E-state index in [4.69, 9.17) is 0 Å². The predicted molar refractivity (Wildman–Crippen MR) is 96.0 cm³/mol. The van der Waals surface area contributed by atoms with E-state index in [1.165, 1.54) is 30.3 Å². The number of halogens is 3. The average Bonchev–Trinajstić information content (AvgIpc) is 3.55. The molecule has 2 aromatic carbocycles. The number of aliphatic hydroxyl groups is 1. The molecular weight excluding hydrogens is 355 g/mol. The second-order valence-electron chi connectivity index (χ2n) is 7.28. The quantitative estimate of drug-likeness (QED) is 0.795. The van der Waals surface area contributed by atoms with Gasteiger partial charge in [0, 0.05) is 23.2 Å². The van der Waals surface area contributed by atoms with Crippen molar-refractivity contribution in [3.63, 3.8) is 0 Å². The molecule has 0 saturated heterocycles. The number of aliphatic hydroxyl groups excluding tert-OH is 1. The minimum absolute atomic E-state index is 0.0714. The standard InChI is InChI=1S/C21H20F3NO2/c22-18-11-16(25(15-7-8-15)21(27)14-5-6-14)9-10-17(18)12-1-3-13(4-2-12)19(26)20(23)24/h1-4,9-11,14-15,19-20,26H,5-8H2. The zero-order valence-electron chi connectivity index (χ0n) is 14.6. The minimum atomic E-state index is -2.87. The van der Waals surface area contributed by atoms with Crippen LogP contribution in [0.15, 0.2) is 42.5 Å². The highest BCUT2D eigenvalue weighted by Crippen LogP contribution is 2.39. The lowest BCUT2D eigenvalue weighted by Gasteiger charge is -2.23. The van der Waals surface area contributed by atoms with Crippen LogP contribution in [0.25, 0.3) is 11.1 Å². The summed E-state index contributed by atoms with van der Waals surface area (Å²) in [5, 5.41) is 9.41. The maximum atomic E-state index is 14.7. The summed E-state index contributed by atoms with van der Waals surface area (Å²) >= 11 is 0. The third-order valence-electron chi connectivity index (χ3n) is 5.11. The second kappa shape index (κ2) is 7.00. The molecule has 1 N–H and O–H groups in total. The van der Waals surface area contributed by atoms with Crippen molar-refractivity contribution < 1.29 is 23.1 Å². The van der Waals surface area contributed by atoms with Crippen LogP contribution in [0.4, 0.5) is 18.9 Å². The summed E-state index contributed by atoms with van der Waals surface area (Å²) in [7, 11) is 0. The Hall–Kier alpha value is -2.34. The normalized spacial score (nSPS) is 17.8. The van der Waals surface area contributed by atoms with Crippen LogP contribution in [0.5, 0.6) is 0 Å². The van der Waals surface area contributed by atoms with Crippen molar-refractivity contribution in [2.75, 3.05) is 4.90 Å². The molecule has 2 aromatic rings. The Kier molecular flexibility index (Phi) is 4.68. The highest BCUT2D eigenvalue weighted by Gasteiger charge is 2.41. The van der Waals surface area contributed by atoms with E-state index in [0.29, 0.717) is 16.8 Å². The van der Waals surface area contributed by atoms with Gasteiger partial charge in [-0.3, -0.25) is 4.79 Å². The molecule has 2 fully saturated rings. The molecule has 2 saturated carbocycles. The fourth-order valence-electron chi connectivity index (χ4n) is 3.27. The molecular formula is C21H20F3NO2. The molecule has 0 radical (unpaired) electrons. The number of benzene rings is 2. The zero-order chi connectivity index (χ0) is 19.1. The van der Waals surface area contributed by atoms with E-state index in [2.05, 4.69) is 0 Å². The lowest BCUT2D eigenvalue weighted by atomic mass is 10.0. The lowest BCUT2D eigenvalue weighted by Crippen LogP contribution is -2.34. The van der Waals surface area contributed by atoms with Crippen molar-refractivity contribution in [3.05, 3.63) is 53.8 Å². The predicted octanol–water partition coefficient (Wildman–Crippen LogP) is 4.70. The van der Waals surface area contributed by atoms with Crippen molar-refractivity contribution in [1.29, 1.82) is 0 Å². The Bertz CT molecular complexity index is 845. The van der Waals surface area contributed by atoms with Crippen LogP contribution in [-0.2, 0) is 4.79 Å². The van der Waals surface area contributed by atoms with Crippen molar-refractivity contribution in [3.8, 4) is 11.1 Å². The molecule has 0 bridgehead atoms. The van der Waals surface area contributed by atoms with Gasteiger partial charge in [0.25, 0.3) is 6.43 Å². The Morgan fingerprint density at radius 2 is 1.70 bits per heavy atom. The number of hydrogen-bond donors (Lipinski definition) is 1. The third kappa shape index (κ3) is 3.72. The second-order valence-corrected chi connectivity index (χ2v) is 7.28. The largest absolute Gasteiger partial charge is 0.382 e. The summed E-state index contributed by atoms with van der Waals surface area (Å²) < 4.78 is 39.9. The van der Waals surface area contributed by atoms with Gasteiger partial charge in [0.2, 0.25) is 5.91 Å². The average molecular weight is 375 g/mol.